The first-order valence-corrected chi connectivity index (χ1v) is 6.92. The molecular weight excluding hydrogens is 259 g/mol. The van der Waals surface area contributed by atoms with Gasteiger partial charge >= 0.3 is 0 Å². The third-order valence-electron chi connectivity index (χ3n) is 4.04. The van der Waals surface area contributed by atoms with Crippen LogP contribution in [0.25, 0.3) is 0 Å². The number of hydrogen-bond donors (Lipinski definition) is 2. The van der Waals surface area contributed by atoms with Crippen molar-refractivity contribution < 1.29 is 13.9 Å². The molecule has 1 atom stereocenters. The zero-order valence-corrected chi connectivity index (χ0v) is 11.7. The van der Waals surface area contributed by atoms with Gasteiger partial charge in [-0.2, -0.15) is 0 Å². The first-order chi connectivity index (χ1) is 9.59. The fourth-order valence-electron chi connectivity index (χ4n) is 2.54. The summed E-state index contributed by atoms with van der Waals surface area (Å²) in [5.74, 6) is -0.423. The van der Waals surface area contributed by atoms with Crippen LogP contribution in [0.1, 0.15) is 31.4 Å². The molecule has 5 heteroatoms. The van der Waals surface area contributed by atoms with E-state index in [4.69, 9.17) is 10.5 Å². The second kappa shape index (κ2) is 6.33. The van der Waals surface area contributed by atoms with Gasteiger partial charge in [0.2, 0.25) is 5.91 Å². The van der Waals surface area contributed by atoms with E-state index in [9.17, 15) is 9.18 Å². The maximum atomic E-state index is 13.7. The van der Waals surface area contributed by atoms with Gasteiger partial charge in [-0.15, -0.1) is 0 Å². The number of benzene rings is 1. The fourth-order valence-corrected chi connectivity index (χ4v) is 2.54. The van der Waals surface area contributed by atoms with E-state index in [-0.39, 0.29) is 24.3 Å². The molecule has 0 aromatic heterocycles. The Morgan fingerprint density at radius 1 is 1.45 bits per heavy atom. The van der Waals surface area contributed by atoms with E-state index in [1.165, 1.54) is 6.07 Å². The monoisotopic (exact) mass is 280 g/mol. The third-order valence-corrected chi connectivity index (χ3v) is 4.04. The topological polar surface area (TPSA) is 64.4 Å². The van der Waals surface area contributed by atoms with Crippen LogP contribution in [0.3, 0.4) is 0 Å². The molecular formula is C15H21FN2O2. The first-order valence-electron chi connectivity index (χ1n) is 6.92. The zero-order chi connectivity index (χ0) is 14.6. The summed E-state index contributed by atoms with van der Waals surface area (Å²) in [7, 11) is 0. The molecule has 0 saturated carbocycles. The summed E-state index contributed by atoms with van der Waals surface area (Å²) in [6.45, 7) is 3.14. The van der Waals surface area contributed by atoms with E-state index >= 15 is 0 Å². The Hall–Kier alpha value is -1.46. The number of rotatable bonds is 4. The first kappa shape index (κ1) is 14.9. The average Bonchev–Trinajstić information content (AvgIpc) is 2.48. The Morgan fingerprint density at radius 3 is 2.70 bits per heavy atom. The number of halogens is 1. The quantitative estimate of drug-likeness (QED) is 0.883. The normalized spacial score (nSPS) is 19.4. The highest BCUT2D eigenvalue weighted by molar-refractivity contribution is 5.83. The number of carbonyl (C=O) groups excluding carboxylic acids is 1. The average molecular weight is 280 g/mol. The summed E-state index contributed by atoms with van der Waals surface area (Å²) in [4.78, 5) is 12.5. The summed E-state index contributed by atoms with van der Waals surface area (Å²) in [6.07, 6.45) is 1.22. The minimum atomic E-state index is -0.586. The van der Waals surface area contributed by atoms with Gasteiger partial charge in [0.15, 0.2) is 0 Å². The van der Waals surface area contributed by atoms with Crippen LogP contribution in [0.2, 0.25) is 0 Å². The molecule has 2 rings (SSSR count). The number of nitrogens with two attached hydrogens (primary N) is 1. The van der Waals surface area contributed by atoms with Crippen molar-refractivity contribution in [3.05, 3.63) is 35.6 Å². The summed E-state index contributed by atoms with van der Waals surface area (Å²) >= 11 is 0. The largest absolute Gasteiger partial charge is 0.381 e. The number of carbonyl (C=O) groups is 1. The second-order valence-corrected chi connectivity index (χ2v) is 5.31. The van der Waals surface area contributed by atoms with E-state index in [2.05, 4.69) is 5.32 Å². The van der Waals surface area contributed by atoms with Crippen molar-refractivity contribution in [3.63, 3.8) is 0 Å². The lowest BCUT2D eigenvalue weighted by Gasteiger charge is -2.35. The van der Waals surface area contributed by atoms with E-state index in [0.29, 0.717) is 31.6 Å². The molecule has 1 aliphatic rings. The molecule has 1 saturated heterocycles. The third kappa shape index (κ3) is 2.99. The highest BCUT2D eigenvalue weighted by Crippen LogP contribution is 2.30. The highest BCUT2D eigenvalue weighted by Gasteiger charge is 2.39. The van der Waals surface area contributed by atoms with E-state index in [1.54, 1.807) is 25.1 Å². The van der Waals surface area contributed by atoms with E-state index in [0.717, 1.165) is 0 Å². The van der Waals surface area contributed by atoms with Crippen molar-refractivity contribution in [2.45, 2.75) is 25.8 Å². The highest BCUT2D eigenvalue weighted by atomic mass is 19.1. The SMILES string of the molecule is C[C@@H](NC(=O)C1(CN)CCOCC1)c1ccccc1F. The van der Waals surface area contributed by atoms with Gasteiger partial charge in [0.25, 0.3) is 0 Å². The Labute approximate surface area is 118 Å². The van der Waals surface area contributed by atoms with Gasteiger partial charge in [-0.1, -0.05) is 18.2 Å². The molecule has 0 radical (unpaired) electrons. The molecule has 3 N–H and O–H groups in total. The van der Waals surface area contributed by atoms with Crippen LogP contribution < -0.4 is 11.1 Å². The van der Waals surface area contributed by atoms with Crippen LogP contribution in [0.4, 0.5) is 4.39 Å². The van der Waals surface area contributed by atoms with Gasteiger partial charge in [0.1, 0.15) is 5.82 Å². The van der Waals surface area contributed by atoms with Crippen molar-refractivity contribution in [2.24, 2.45) is 11.1 Å². The second-order valence-electron chi connectivity index (χ2n) is 5.31. The molecule has 0 bridgehead atoms. The molecule has 0 spiro atoms. The lowest BCUT2D eigenvalue weighted by atomic mass is 9.79. The molecule has 110 valence electrons. The zero-order valence-electron chi connectivity index (χ0n) is 11.7. The van der Waals surface area contributed by atoms with Gasteiger partial charge < -0.3 is 15.8 Å². The molecule has 1 fully saturated rings. The minimum Gasteiger partial charge on any atom is -0.381 e. The fraction of sp³-hybridized carbons (Fsp3) is 0.533. The van der Waals surface area contributed by atoms with Crippen LogP contribution in [-0.2, 0) is 9.53 Å². The van der Waals surface area contributed by atoms with Crippen LogP contribution in [0, 0.1) is 11.2 Å². The number of ether oxygens (including phenoxy) is 1. The Morgan fingerprint density at radius 2 is 2.10 bits per heavy atom. The molecule has 20 heavy (non-hydrogen) atoms. The molecule has 0 aliphatic carbocycles. The summed E-state index contributed by atoms with van der Waals surface area (Å²) in [5, 5.41) is 2.88. The van der Waals surface area contributed by atoms with Crippen LogP contribution in [0.15, 0.2) is 24.3 Å². The van der Waals surface area contributed by atoms with Gasteiger partial charge in [0.05, 0.1) is 11.5 Å². The molecule has 1 heterocycles. The molecule has 4 nitrogen and oxygen atoms in total. The van der Waals surface area contributed by atoms with Crippen molar-refractivity contribution in [1.29, 1.82) is 0 Å². The van der Waals surface area contributed by atoms with Gasteiger partial charge in [-0.3, -0.25) is 4.79 Å². The maximum Gasteiger partial charge on any atom is 0.228 e. The summed E-state index contributed by atoms with van der Waals surface area (Å²) < 4.78 is 19.0. The lowest BCUT2D eigenvalue weighted by Crippen LogP contribution is -2.49. The molecule has 0 unspecified atom stereocenters. The van der Waals surface area contributed by atoms with Crippen molar-refractivity contribution in [1.82, 2.24) is 5.32 Å². The molecule has 1 aliphatic heterocycles. The summed E-state index contributed by atoms with van der Waals surface area (Å²) in [6, 6.07) is 6.08. The Bertz CT molecular complexity index is 473. The Kier molecular flexibility index (Phi) is 4.73. The Balaban J connectivity index is 2.08. The van der Waals surface area contributed by atoms with Crippen LogP contribution in [-0.4, -0.2) is 25.7 Å². The van der Waals surface area contributed by atoms with E-state index in [1.807, 2.05) is 0 Å². The van der Waals surface area contributed by atoms with Gasteiger partial charge in [-0.05, 0) is 25.8 Å². The lowest BCUT2D eigenvalue weighted by molar-refractivity contribution is -0.136. The molecule has 1 aromatic carbocycles. The predicted octanol–water partition coefficient (Wildman–Crippen LogP) is 1.76. The standard InChI is InChI=1S/C15H21FN2O2/c1-11(12-4-2-3-5-13(12)16)18-14(19)15(10-17)6-8-20-9-7-15/h2-5,11H,6-10,17H2,1H3,(H,18,19)/t11-/m1/s1. The van der Waals surface area contributed by atoms with Crippen molar-refractivity contribution in [3.8, 4) is 0 Å². The number of amides is 1. The minimum absolute atomic E-state index is 0.112. The molecule has 1 amide bonds. The summed E-state index contributed by atoms with van der Waals surface area (Å²) in [5.41, 5.74) is 5.69. The smallest absolute Gasteiger partial charge is 0.228 e. The predicted molar refractivity (Wildman–Crippen MR) is 74.5 cm³/mol. The van der Waals surface area contributed by atoms with Crippen LogP contribution >= 0.6 is 0 Å². The molecule has 1 aromatic rings. The number of nitrogens with one attached hydrogen (secondary N) is 1. The maximum absolute atomic E-state index is 13.7. The van der Waals surface area contributed by atoms with Crippen molar-refractivity contribution >= 4 is 5.91 Å². The van der Waals surface area contributed by atoms with Crippen LogP contribution in [0.5, 0.6) is 0 Å². The van der Waals surface area contributed by atoms with Gasteiger partial charge in [-0.25, -0.2) is 4.39 Å². The van der Waals surface area contributed by atoms with E-state index < -0.39 is 5.41 Å². The van der Waals surface area contributed by atoms with Gasteiger partial charge in [0, 0.05) is 25.3 Å². The number of hydrogen-bond acceptors (Lipinski definition) is 3. The van der Waals surface area contributed by atoms with Crippen molar-refractivity contribution in [2.75, 3.05) is 19.8 Å².